The van der Waals surface area contributed by atoms with Crippen molar-refractivity contribution in [3.8, 4) is 0 Å². The smallest absolute Gasteiger partial charge is 0.253 e. The predicted octanol–water partition coefficient (Wildman–Crippen LogP) is 1.21. The summed E-state index contributed by atoms with van der Waals surface area (Å²) in [5.41, 5.74) is 7.43. The van der Waals surface area contributed by atoms with Crippen molar-refractivity contribution in [2.24, 2.45) is 5.73 Å². The summed E-state index contributed by atoms with van der Waals surface area (Å²) in [6.07, 6.45) is 7.98. The molecule has 33 heavy (non-hydrogen) atoms. The molecule has 9 heteroatoms. The predicted molar refractivity (Wildman–Crippen MR) is 125 cm³/mol. The monoisotopic (exact) mass is 453 g/mol. The number of hydrogen-bond donors (Lipinski definition) is 3. The molecule has 1 aliphatic heterocycles. The third-order valence-corrected chi connectivity index (χ3v) is 5.55. The lowest BCUT2D eigenvalue weighted by Gasteiger charge is -2.13. The fraction of sp³-hybridized carbons (Fsp3) is 0.417. The number of carbonyl (C=O) groups excluding carboxylic acids is 4. The molecule has 4 N–H and O–H groups in total. The Morgan fingerprint density at radius 3 is 2.45 bits per heavy atom. The number of nitrogens with zero attached hydrogens (tertiary/aromatic N) is 2. The van der Waals surface area contributed by atoms with E-state index in [1.54, 1.807) is 0 Å². The number of rotatable bonds is 14. The van der Waals surface area contributed by atoms with Gasteiger partial charge in [0.05, 0.1) is 0 Å². The number of nitrogens with one attached hydrogen (secondary N) is 2. The van der Waals surface area contributed by atoms with Gasteiger partial charge < -0.3 is 20.9 Å². The van der Waals surface area contributed by atoms with Crippen molar-refractivity contribution >= 4 is 34.5 Å². The number of para-hydroxylation sites is 1. The molecule has 3 rings (SSSR count). The van der Waals surface area contributed by atoms with Crippen molar-refractivity contribution in [1.82, 2.24) is 20.1 Å². The largest absolute Gasteiger partial charge is 0.368 e. The molecule has 176 valence electrons. The van der Waals surface area contributed by atoms with Crippen LogP contribution >= 0.6 is 0 Å². The number of aromatic nitrogens is 1. The fourth-order valence-corrected chi connectivity index (χ4v) is 3.90. The number of unbranched alkanes of at least 4 members (excludes halogenated alkanes) is 2. The van der Waals surface area contributed by atoms with E-state index in [0.717, 1.165) is 42.3 Å². The molecule has 0 atom stereocenters. The van der Waals surface area contributed by atoms with Gasteiger partial charge in [0.25, 0.3) is 11.8 Å². The second-order valence-corrected chi connectivity index (χ2v) is 8.12. The van der Waals surface area contributed by atoms with Crippen LogP contribution in [0.4, 0.5) is 0 Å². The van der Waals surface area contributed by atoms with Crippen molar-refractivity contribution < 1.29 is 19.2 Å². The van der Waals surface area contributed by atoms with Crippen LogP contribution in [0.1, 0.15) is 37.7 Å². The quantitative estimate of drug-likeness (QED) is 0.293. The first-order chi connectivity index (χ1) is 16.0. The molecule has 1 aromatic heterocycles. The number of imide groups is 1. The molecular weight excluding hydrogens is 422 g/mol. The summed E-state index contributed by atoms with van der Waals surface area (Å²) in [5.74, 6) is -0.884. The first kappa shape index (κ1) is 24.2. The number of hydrogen-bond acceptors (Lipinski definition) is 5. The Morgan fingerprint density at radius 2 is 1.70 bits per heavy atom. The molecule has 0 aliphatic carbocycles. The number of primary amides is 1. The number of carbonyl (C=O) groups is 4. The van der Waals surface area contributed by atoms with Gasteiger partial charge in [-0.05, 0) is 37.4 Å². The van der Waals surface area contributed by atoms with Crippen molar-refractivity contribution in [3.63, 3.8) is 0 Å². The Hall–Kier alpha value is -3.46. The topological polar surface area (TPSA) is 127 Å². The van der Waals surface area contributed by atoms with Crippen LogP contribution in [0.2, 0.25) is 0 Å². The number of amides is 4. The van der Waals surface area contributed by atoms with Gasteiger partial charge in [-0.15, -0.1) is 0 Å². The first-order valence-electron chi connectivity index (χ1n) is 11.3. The van der Waals surface area contributed by atoms with Crippen molar-refractivity contribution in [2.75, 3.05) is 19.6 Å². The van der Waals surface area contributed by atoms with E-state index < -0.39 is 0 Å². The highest BCUT2D eigenvalue weighted by Crippen LogP contribution is 2.21. The second-order valence-electron chi connectivity index (χ2n) is 8.12. The maximum absolute atomic E-state index is 12.0. The molecule has 0 bridgehead atoms. The average molecular weight is 454 g/mol. The van der Waals surface area contributed by atoms with Gasteiger partial charge in [0, 0.05) is 55.3 Å². The minimum absolute atomic E-state index is 0.0134. The molecule has 0 unspecified atom stereocenters. The standard InChI is InChI=1S/C24H31N5O4/c25-21(30)17-28-16-18(19-7-3-4-8-20(19)28)15-26-12-6-13-27-22(31)9-2-1-5-14-29-23(32)10-11-24(29)33/h3-4,7-8,10-11,16,26H,1-2,5-6,9,12-15,17H2,(H2,25,30)(H,27,31). The lowest BCUT2D eigenvalue weighted by molar-refractivity contribution is -0.137. The van der Waals surface area contributed by atoms with E-state index in [1.807, 2.05) is 35.0 Å². The average Bonchev–Trinajstić information content (AvgIpc) is 3.29. The van der Waals surface area contributed by atoms with Gasteiger partial charge in [0.15, 0.2) is 0 Å². The zero-order chi connectivity index (χ0) is 23.6. The van der Waals surface area contributed by atoms with Crippen LogP contribution in [0.15, 0.2) is 42.6 Å². The van der Waals surface area contributed by atoms with E-state index in [0.29, 0.717) is 32.5 Å². The molecule has 0 saturated carbocycles. The van der Waals surface area contributed by atoms with E-state index in [9.17, 15) is 19.2 Å². The van der Waals surface area contributed by atoms with Crippen LogP contribution in [0.25, 0.3) is 10.9 Å². The lowest BCUT2D eigenvalue weighted by atomic mass is 10.1. The van der Waals surface area contributed by atoms with Gasteiger partial charge in [0.1, 0.15) is 6.54 Å². The van der Waals surface area contributed by atoms with Crippen molar-refractivity contribution in [2.45, 2.75) is 45.2 Å². The molecule has 0 radical (unpaired) electrons. The van der Waals surface area contributed by atoms with Gasteiger partial charge in [-0.1, -0.05) is 24.6 Å². The summed E-state index contributed by atoms with van der Waals surface area (Å²) in [5, 5.41) is 7.39. The van der Waals surface area contributed by atoms with Crippen LogP contribution in [0, 0.1) is 0 Å². The molecular formula is C24H31N5O4. The summed E-state index contributed by atoms with van der Waals surface area (Å²) in [6.45, 7) is 2.56. The third kappa shape index (κ3) is 7.01. The Labute approximate surface area is 193 Å². The maximum Gasteiger partial charge on any atom is 0.253 e. The van der Waals surface area contributed by atoms with Crippen LogP contribution < -0.4 is 16.4 Å². The van der Waals surface area contributed by atoms with E-state index in [2.05, 4.69) is 10.6 Å². The normalized spacial score (nSPS) is 13.3. The highest BCUT2D eigenvalue weighted by Gasteiger charge is 2.22. The molecule has 0 spiro atoms. The molecule has 1 aromatic carbocycles. The van der Waals surface area contributed by atoms with Crippen LogP contribution in [0.5, 0.6) is 0 Å². The van der Waals surface area contributed by atoms with Gasteiger partial charge in [-0.2, -0.15) is 0 Å². The summed E-state index contributed by atoms with van der Waals surface area (Å²) in [6, 6.07) is 7.91. The van der Waals surface area contributed by atoms with Gasteiger partial charge in [-0.3, -0.25) is 24.1 Å². The molecule has 2 heterocycles. The highest BCUT2D eigenvalue weighted by molar-refractivity contribution is 6.12. The van der Waals surface area contributed by atoms with Crippen molar-refractivity contribution in [1.29, 1.82) is 0 Å². The molecule has 0 saturated heterocycles. The SMILES string of the molecule is NC(=O)Cn1cc(CNCCCNC(=O)CCCCCN2C(=O)C=CC2=O)c2ccccc21. The second kappa shape index (κ2) is 12.0. The van der Waals surface area contributed by atoms with Crippen molar-refractivity contribution in [3.05, 3.63) is 48.2 Å². The minimum atomic E-state index is -0.375. The highest BCUT2D eigenvalue weighted by atomic mass is 16.2. The fourth-order valence-electron chi connectivity index (χ4n) is 3.90. The Bertz CT molecular complexity index is 1020. The van der Waals surface area contributed by atoms with Crippen LogP contribution in [0.3, 0.4) is 0 Å². The number of fused-ring (bicyclic) bond motifs is 1. The number of nitrogens with two attached hydrogens (primary N) is 1. The number of benzene rings is 1. The summed E-state index contributed by atoms with van der Waals surface area (Å²) >= 11 is 0. The lowest BCUT2D eigenvalue weighted by Crippen LogP contribution is -2.31. The maximum atomic E-state index is 12.0. The molecule has 1 aliphatic rings. The van der Waals surface area contributed by atoms with Gasteiger partial charge in [0.2, 0.25) is 11.8 Å². The summed E-state index contributed by atoms with van der Waals surface area (Å²) in [7, 11) is 0. The summed E-state index contributed by atoms with van der Waals surface area (Å²) in [4.78, 5) is 47.4. The van der Waals surface area contributed by atoms with E-state index in [1.165, 1.54) is 17.1 Å². The Morgan fingerprint density at radius 1 is 0.939 bits per heavy atom. The Balaban J connectivity index is 1.26. The van der Waals surface area contributed by atoms with Crippen LogP contribution in [-0.2, 0) is 32.3 Å². The van der Waals surface area contributed by atoms with Crippen LogP contribution in [-0.4, -0.2) is 52.7 Å². The molecule has 0 fully saturated rings. The van der Waals surface area contributed by atoms with E-state index in [-0.39, 0.29) is 30.2 Å². The molecule has 9 nitrogen and oxygen atoms in total. The van der Waals surface area contributed by atoms with Gasteiger partial charge in [-0.25, -0.2) is 0 Å². The zero-order valence-electron chi connectivity index (χ0n) is 18.7. The van der Waals surface area contributed by atoms with E-state index in [4.69, 9.17) is 5.73 Å². The first-order valence-corrected chi connectivity index (χ1v) is 11.3. The zero-order valence-corrected chi connectivity index (χ0v) is 18.7. The molecule has 4 amide bonds. The Kier molecular flexibility index (Phi) is 8.77. The molecule has 2 aromatic rings. The summed E-state index contributed by atoms with van der Waals surface area (Å²) < 4.78 is 1.87. The third-order valence-electron chi connectivity index (χ3n) is 5.55. The van der Waals surface area contributed by atoms with Gasteiger partial charge >= 0.3 is 0 Å². The minimum Gasteiger partial charge on any atom is -0.368 e. The van der Waals surface area contributed by atoms with E-state index >= 15 is 0 Å².